The van der Waals surface area contributed by atoms with Gasteiger partial charge in [-0.15, -0.1) is 0 Å². The molecule has 0 aliphatic rings. The topological polar surface area (TPSA) is 182 Å². The smallest absolute Gasteiger partial charge is 0.328 e. The van der Waals surface area contributed by atoms with Crippen LogP contribution < -0.4 is 16.4 Å². The summed E-state index contributed by atoms with van der Waals surface area (Å²) in [6.07, 6.45) is -2.52. The first kappa shape index (κ1) is 19.2. The third kappa shape index (κ3) is 6.04. The van der Waals surface area contributed by atoms with Gasteiger partial charge in [0.05, 0.1) is 18.8 Å². The van der Waals surface area contributed by atoms with Crippen LogP contribution in [0.2, 0.25) is 0 Å². The molecule has 0 aromatic rings. The van der Waals surface area contributed by atoms with Crippen LogP contribution in [-0.2, 0) is 14.4 Å². The second-order valence-corrected chi connectivity index (χ2v) is 4.58. The number of carboxylic acid groups (broad SMARTS) is 1. The van der Waals surface area contributed by atoms with Crippen molar-refractivity contribution in [2.24, 2.45) is 5.73 Å². The molecular weight excluding hydrogens is 286 g/mol. The molecule has 0 saturated heterocycles. The molecule has 10 nitrogen and oxygen atoms in total. The van der Waals surface area contributed by atoms with Crippen molar-refractivity contribution in [2.45, 2.75) is 44.2 Å². The van der Waals surface area contributed by atoms with Crippen LogP contribution in [0.4, 0.5) is 0 Å². The van der Waals surface area contributed by atoms with Crippen LogP contribution >= 0.6 is 0 Å². The normalized spacial score (nSPS) is 18.0. The summed E-state index contributed by atoms with van der Waals surface area (Å²) in [5.74, 6) is -3.36. The highest BCUT2D eigenvalue weighted by Crippen LogP contribution is 1.98. The summed E-state index contributed by atoms with van der Waals surface area (Å²) < 4.78 is 0. The molecule has 10 heteroatoms. The number of nitrogens with one attached hydrogen (secondary N) is 2. The molecular formula is C11H21N3O7. The van der Waals surface area contributed by atoms with Crippen molar-refractivity contribution in [2.75, 3.05) is 6.61 Å². The van der Waals surface area contributed by atoms with Crippen molar-refractivity contribution in [3.8, 4) is 0 Å². The van der Waals surface area contributed by atoms with E-state index in [0.29, 0.717) is 0 Å². The van der Waals surface area contributed by atoms with Gasteiger partial charge in [-0.05, 0) is 13.8 Å². The van der Waals surface area contributed by atoms with Gasteiger partial charge in [-0.1, -0.05) is 0 Å². The SMILES string of the molecule is CC(O)C(N)C(=O)NC(C(=O)NC(CO)C(=O)O)C(C)O. The lowest BCUT2D eigenvalue weighted by molar-refractivity contribution is -0.144. The number of carbonyl (C=O) groups excluding carboxylic acids is 2. The molecule has 2 amide bonds. The maximum Gasteiger partial charge on any atom is 0.328 e. The second-order valence-electron chi connectivity index (χ2n) is 4.58. The highest BCUT2D eigenvalue weighted by Gasteiger charge is 2.31. The number of nitrogens with two attached hydrogens (primary N) is 1. The third-order valence-electron chi connectivity index (χ3n) is 2.68. The zero-order valence-electron chi connectivity index (χ0n) is 11.7. The first-order chi connectivity index (χ1) is 9.61. The van der Waals surface area contributed by atoms with Crippen molar-refractivity contribution in [1.82, 2.24) is 10.6 Å². The second kappa shape index (κ2) is 8.52. The Morgan fingerprint density at radius 3 is 1.90 bits per heavy atom. The fourth-order valence-corrected chi connectivity index (χ4v) is 1.32. The molecule has 0 aliphatic heterocycles. The molecule has 0 saturated carbocycles. The van der Waals surface area contributed by atoms with Crippen LogP contribution in [-0.4, -0.2) is 75.2 Å². The van der Waals surface area contributed by atoms with Crippen molar-refractivity contribution in [3.63, 3.8) is 0 Å². The number of aliphatic hydroxyl groups excluding tert-OH is 3. The number of hydrogen-bond acceptors (Lipinski definition) is 7. The maximum atomic E-state index is 11.8. The Hall–Kier alpha value is -1.75. The molecule has 122 valence electrons. The Morgan fingerprint density at radius 1 is 1.05 bits per heavy atom. The van der Waals surface area contributed by atoms with Crippen LogP contribution in [0.1, 0.15) is 13.8 Å². The van der Waals surface area contributed by atoms with E-state index in [4.69, 9.17) is 15.9 Å². The minimum absolute atomic E-state index is 0.852. The number of carbonyl (C=O) groups is 3. The summed E-state index contributed by atoms with van der Waals surface area (Å²) in [5.41, 5.74) is 5.37. The molecule has 5 unspecified atom stereocenters. The Labute approximate surface area is 120 Å². The van der Waals surface area contributed by atoms with Crippen molar-refractivity contribution >= 4 is 17.8 Å². The number of hydrogen-bond donors (Lipinski definition) is 7. The van der Waals surface area contributed by atoms with Gasteiger partial charge in [0.1, 0.15) is 18.1 Å². The van der Waals surface area contributed by atoms with Gasteiger partial charge in [0, 0.05) is 0 Å². The molecule has 0 fully saturated rings. The summed E-state index contributed by atoms with van der Waals surface area (Å²) in [6.45, 7) is 1.62. The minimum atomic E-state index is -1.57. The van der Waals surface area contributed by atoms with Gasteiger partial charge in [-0.2, -0.15) is 0 Å². The number of amides is 2. The van der Waals surface area contributed by atoms with E-state index < -0.39 is 54.7 Å². The fourth-order valence-electron chi connectivity index (χ4n) is 1.32. The molecule has 5 atom stereocenters. The number of rotatable bonds is 8. The largest absolute Gasteiger partial charge is 0.480 e. The van der Waals surface area contributed by atoms with Gasteiger partial charge in [-0.3, -0.25) is 9.59 Å². The lowest BCUT2D eigenvalue weighted by atomic mass is 10.1. The molecule has 0 radical (unpaired) electrons. The summed E-state index contributed by atoms with van der Waals surface area (Å²) in [5, 5.41) is 40.2. The zero-order valence-corrected chi connectivity index (χ0v) is 11.7. The Bertz CT molecular complexity index is 386. The lowest BCUT2D eigenvalue weighted by Crippen LogP contribution is -2.59. The Morgan fingerprint density at radius 2 is 1.57 bits per heavy atom. The average molecular weight is 307 g/mol. The van der Waals surface area contributed by atoms with E-state index in [2.05, 4.69) is 5.32 Å². The first-order valence-corrected chi connectivity index (χ1v) is 6.17. The quantitative estimate of drug-likeness (QED) is 0.237. The molecule has 0 heterocycles. The predicted octanol–water partition coefficient (Wildman–Crippen LogP) is -3.88. The Balaban J connectivity index is 4.87. The van der Waals surface area contributed by atoms with E-state index in [1.807, 2.05) is 5.32 Å². The van der Waals surface area contributed by atoms with Crippen LogP contribution in [0, 0.1) is 0 Å². The van der Waals surface area contributed by atoms with E-state index >= 15 is 0 Å². The summed E-state index contributed by atoms with van der Waals surface area (Å²) in [7, 11) is 0. The lowest BCUT2D eigenvalue weighted by Gasteiger charge is -2.24. The van der Waals surface area contributed by atoms with E-state index in [-0.39, 0.29) is 0 Å². The van der Waals surface area contributed by atoms with Crippen molar-refractivity contribution in [1.29, 1.82) is 0 Å². The van der Waals surface area contributed by atoms with E-state index in [1.54, 1.807) is 0 Å². The monoisotopic (exact) mass is 307 g/mol. The highest BCUT2D eigenvalue weighted by atomic mass is 16.4. The van der Waals surface area contributed by atoms with Crippen molar-refractivity contribution in [3.05, 3.63) is 0 Å². The summed E-state index contributed by atoms with van der Waals surface area (Å²) in [6, 6.07) is -4.36. The van der Waals surface area contributed by atoms with Crippen LogP contribution in [0.15, 0.2) is 0 Å². The predicted molar refractivity (Wildman–Crippen MR) is 69.9 cm³/mol. The number of aliphatic carboxylic acids is 1. The molecule has 0 rings (SSSR count). The molecule has 0 spiro atoms. The fraction of sp³-hybridized carbons (Fsp3) is 0.727. The Kier molecular flexibility index (Phi) is 7.81. The molecule has 0 aromatic heterocycles. The third-order valence-corrected chi connectivity index (χ3v) is 2.68. The number of carboxylic acids is 1. The molecule has 0 aliphatic carbocycles. The highest BCUT2D eigenvalue weighted by molar-refractivity contribution is 5.92. The van der Waals surface area contributed by atoms with Crippen LogP contribution in [0.5, 0.6) is 0 Å². The minimum Gasteiger partial charge on any atom is -0.480 e. The standard InChI is InChI=1S/C11H21N3O7/c1-4(16)7(12)9(18)14-8(5(2)17)10(19)13-6(3-15)11(20)21/h4-8,15-17H,3,12H2,1-2H3,(H,13,19)(H,14,18)(H,20,21). The average Bonchev–Trinajstić information content (AvgIpc) is 2.39. The van der Waals surface area contributed by atoms with E-state index in [9.17, 15) is 24.6 Å². The summed E-state index contributed by atoms with van der Waals surface area (Å²) >= 11 is 0. The van der Waals surface area contributed by atoms with Gasteiger partial charge in [0.15, 0.2) is 0 Å². The van der Waals surface area contributed by atoms with Gasteiger partial charge in [0.25, 0.3) is 0 Å². The van der Waals surface area contributed by atoms with Gasteiger partial charge >= 0.3 is 5.97 Å². The van der Waals surface area contributed by atoms with Crippen LogP contribution in [0.25, 0.3) is 0 Å². The van der Waals surface area contributed by atoms with E-state index in [0.717, 1.165) is 0 Å². The molecule has 0 bridgehead atoms. The van der Waals surface area contributed by atoms with Crippen molar-refractivity contribution < 1.29 is 34.8 Å². The zero-order chi connectivity index (χ0) is 16.7. The number of aliphatic hydroxyl groups is 3. The van der Waals surface area contributed by atoms with Crippen LogP contribution in [0.3, 0.4) is 0 Å². The summed E-state index contributed by atoms with van der Waals surface area (Å²) in [4.78, 5) is 34.2. The first-order valence-electron chi connectivity index (χ1n) is 6.17. The van der Waals surface area contributed by atoms with E-state index in [1.165, 1.54) is 13.8 Å². The molecule has 0 aromatic carbocycles. The van der Waals surface area contributed by atoms with Gasteiger partial charge in [-0.25, -0.2) is 4.79 Å². The molecule has 21 heavy (non-hydrogen) atoms. The van der Waals surface area contributed by atoms with Gasteiger partial charge < -0.3 is 36.8 Å². The maximum absolute atomic E-state index is 11.8. The molecule has 8 N–H and O–H groups in total. The van der Waals surface area contributed by atoms with Gasteiger partial charge in [0.2, 0.25) is 11.8 Å².